The Kier molecular flexibility index (Phi) is 5.06. The van der Waals surface area contributed by atoms with E-state index in [2.05, 4.69) is 10.3 Å². The van der Waals surface area contributed by atoms with Gasteiger partial charge in [-0.3, -0.25) is 4.79 Å². The Morgan fingerprint density at radius 2 is 1.68 bits per heavy atom. The summed E-state index contributed by atoms with van der Waals surface area (Å²) in [7, 11) is 0. The zero-order chi connectivity index (χ0) is 19.3. The Morgan fingerprint density at radius 3 is 2.46 bits per heavy atom. The van der Waals surface area contributed by atoms with Gasteiger partial charge in [-0.1, -0.05) is 48.0 Å². The summed E-state index contributed by atoms with van der Waals surface area (Å²) in [6.07, 6.45) is 0. The molecule has 0 saturated carbocycles. The smallest absolute Gasteiger partial charge is 0.244 e. The summed E-state index contributed by atoms with van der Waals surface area (Å²) in [6, 6.07) is 25.1. The molecule has 1 N–H and O–H groups in total. The number of nitrogens with one attached hydrogen (secondary N) is 1. The zero-order valence-corrected chi connectivity index (χ0v) is 15.6. The molecule has 1 amide bonds. The number of rotatable bonds is 6. The first-order valence-electron chi connectivity index (χ1n) is 9.17. The quantitative estimate of drug-likeness (QED) is 0.540. The van der Waals surface area contributed by atoms with Gasteiger partial charge in [0.25, 0.3) is 0 Å². The lowest BCUT2D eigenvalue weighted by atomic mass is 10.2. The monoisotopic (exact) mass is 371 g/mol. The van der Waals surface area contributed by atoms with E-state index >= 15 is 0 Å². The largest absolute Gasteiger partial charge is 0.486 e. The second-order valence-corrected chi connectivity index (χ2v) is 6.62. The number of carbonyl (C=O) groups is 1. The first-order valence-corrected chi connectivity index (χ1v) is 9.17. The van der Waals surface area contributed by atoms with E-state index in [1.807, 2.05) is 90.4 Å². The van der Waals surface area contributed by atoms with E-state index in [9.17, 15) is 4.79 Å². The molecule has 28 heavy (non-hydrogen) atoms. The maximum absolute atomic E-state index is 12.6. The molecule has 0 aliphatic carbocycles. The third-order valence-corrected chi connectivity index (χ3v) is 4.48. The second-order valence-electron chi connectivity index (χ2n) is 6.62. The van der Waals surface area contributed by atoms with E-state index in [4.69, 9.17) is 4.74 Å². The fraction of sp³-hybridized carbons (Fsp3) is 0.130. The Hall–Kier alpha value is -3.60. The third kappa shape index (κ3) is 4.04. The molecule has 5 heteroatoms. The van der Waals surface area contributed by atoms with E-state index in [1.165, 1.54) is 0 Å². The highest BCUT2D eigenvalue weighted by atomic mass is 16.5. The number of aromatic nitrogens is 2. The molecule has 4 aromatic rings. The summed E-state index contributed by atoms with van der Waals surface area (Å²) >= 11 is 0. The number of amides is 1. The van der Waals surface area contributed by atoms with Gasteiger partial charge in [0.2, 0.25) is 5.91 Å². The highest BCUT2D eigenvalue weighted by Gasteiger charge is 2.14. The molecule has 5 nitrogen and oxygen atoms in total. The van der Waals surface area contributed by atoms with Crippen LogP contribution >= 0.6 is 0 Å². The number of para-hydroxylation sites is 3. The van der Waals surface area contributed by atoms with Gasteiger partial charge >= 0.3 is 0 Å². The molecular weight excluding hydrogens is 350 g/mol. The minimum absolute atomic E-state index is 0.104. The van der Waals surface area contributed by atoms with Crippen LogP contribution in [0.2, 0.25) is 0 Å². The van der Waals surface area contributed by atoms with Crippen LogP contribution in [0.25, 0.3) is 11.0 Å². The van der Waals surface area contributed by atoms with Crippen molar-refractivity contribution in [1.82, 2.24) is 9.55 Å². The molecule has 0 saturated heterocycles. The highest BCUT2D eigenvalue weighted by Crippen LogP contribution is 2.19. The predicted molar refractivity (Wildman–Crippen MR) is 110 cm³/mol. The van der Waals surface area contributed by atoms with Crippen molar-refractivity contribution in [2.45, 2.75) is 20.1 Å². The van der Waals surface area contributed by atoms with Crippen molar-refractivity contribution in [3.8, 4) is 5.75 Å². The second kappa shape index (κ2) is 7.96. The molecule has 1 aromatic heterocycles. The van der Waals surface area contributed by atoms with E-state index in [-0.39, 0.29) is 19.1 Å². The molecule has 1 heterocycles. The van der Waals surface area contributed by atoms with Gasteiger partial charge in [-0.15, -0.1) is 0 Å². The minimum atomic E-state index is -0.104. The van der Waals surface area contributed by atoms with Crippen LogP contribution in [0.4, 0.5) is 5.69 Å². The molecule has 0 bridgehead atoms. The van der Waals surface area contributed by atoms with Crippen LogP contribution in [0.1, 0.15) is 11.4 Å². The number of ether oxygens (including phenoxy) is 1. The molecular formula is C23H21N3O2. The first-order chi connectivity index (χ1) is 13.7. The Morgan fingerprint density at radius 1 is 0.964 bits per heavy atom. The van der Waals surface area contributed by atoms with Gasteiger partial charge in [0.15, 0.2) is 0 Å². The standard InChI is InChI=1S/C23H21N3O2/c1-17-11-13-18(14-12-17)24-23(27)15-26-21-10-6-5-9-20(21)25-22(26)16-28-19-7-3-2-4-8-19/h2-14H,15-16H2,1H3,(H,24,27). The Labute approximate surface area is 163 Å². The van der Waals surface area contributed by atoms with Crippen LogP contribution in [0, 0.1) is 6.92 Å². The van der Waals surface area contributed by atoms with E-state index in [0.717, 1.165) is 28.0 Å². The van der Waals surface area contributed by atoms with Gasteiger partial charge in [-0.2, -0.15) is 0 Å². The van der Waals surface area contributed by atoms with Gasteiger partial charge in [0.05, 0.1) is 11.0 Å². The molecule has 3 aromatic carbocycles. The molecule has 0 aliphatic rings. The lowest BCUT2D eigenvalue weighted by molar-refractivity contribution is -0.116. The number of fused-ring (bicyclic) bond motifs is 1. The van der Waals surface area contributed by atoms with Crippen molar-refractivity contribution >= 4 is 22.6 Å². The SMILES string of the molecule is Cc1ccc(NC(=O)Cn2c(COc3ccccc3)nc3ccccc32)cc1. The number of nitrogens with zero attached hydrogens (tertiary/aromatic N) is 2. The summed E-state index contributed by atoms with van der Waals surface area (Å²) in [5.74, 6) is 1.38. The van der Waals surface area contributed by atoms with E-state index in [0.29, 0.717) is 5.82 Å². The van der Waals surface area contributed by atoms with Gasteiger partial charge in [0.1, 0.15) is 24.7 Å². The summed E-state index contributed by atoms with van der Waals surface area (Å²) < 4.78 is 7.76. The fourth-order valence-corrected chi connectivity index (χ4v) is 3.06. The lowest BCUT2D eigenvalue weighted by Gasteiger charge is -2.11. The van der Waals surface area contributed by atoms with Gasteiger partial charge in [-0.25, -0.2) is 4.98 Å². The summed E-state index contributed by atoms with van der Waals surface area (Å²) in [5, 5.41) is 2.94. The van der Waals surface area contributed by atoms with E-state index < -0.39 is 0 Å². The molecule has 0 radical (unpaired) electrons. The van der Waals surface area contributed by atoms with Crippen LogP contribution in [-0.4, -0.2) is 15.5 Å². The number of imidazole rings is 1. The Bertz CT molecular complexity index is 1090. The van der Waals surface area contributed by atoms with Crippen molar-refractivity contribution in [3.63, 3.8) is 0 Å². The molecule has 4 rings (SSSR count). The maximum Gasteiger partial charge on any atom is 0.244 e. The number of hydrogen-bond donors (Lipinski definition) is 1. The normalized spacial score (nSPS) is 10.8. The van der Waals surface area contributed by atoms with Crippen molar-refractivity contribution in [2.24, 2.45) is 0 Å². The van der Waals surface area contributed by atoms with Crippen molar-refractivity contribution in [2.75, 3.05) is 5.32 Å². The average Bonchev–Trinajstić information content (AvgIpc) is 3.06. The topological polar surface area (TPSA) is 56.2 Å². The number of carbonyl (C=O) groups excluding carboxylic acids is 1. The molecule has 0 aliphatic heterocycles. The molecule has 0 fully saturated rings. The van der Waals surface area contributed by atoms with Gasteiger partial charge in [-0.05, 0) is 43.3 Å². The lowest BCUT2D eigenvalue weighted by Crippen LogP contribution is -2.20. The Balaban J connectivity index is 1.55. The predicted octanol–water partition coefficient (Wildman–Crippen LogP) is 4.56. The van der Waals surface area contributed by atoms with Crippen molar-refractivity contribution < 1.29 is 9.53 Å². The summed E-state index contributed by atoms with van der Waals surface area (Å²) in [4.78, 5) is 17.3. The number of benzene rings is 3. The summed E-state index contributed by atoms with van der Waals surface area (Å²) in [5.41, 5.74) is 3.69. The third-order valence-electron chi connectivity index (χ3n) is 4.48. The molecule has 140 valence electrons. The highest BCUT2D eigenvalue weighted by molar-refractivity contribution is 5.91. The molecule has 0 spiro atoms. The maximum atomic E-state index is 12.6. The van der Waals surface area contributed by atoms with Crippen molar-refractivity contribution in [3.05, 3.63) is 90.3 Å². The van der Waals surface area contributed by atoms with Gasteiger partial charge < -0.3 is 14.6 Å². The average molecular weight is 371 g/mol. The fourth-order valence-electron chi connectivity index (χ4n) is 3.06. The van der Waals surface area contributed by atoms with Crippen LogP contribution in [0.15, 0.2) is 78.9 Å². The number of aryl methyl sites for hydroxylation is 1. The zero-order valence-electron chi connectivity index (χ0n) is 15.6. The molecule has 0 atom stereocenters. The van der Waals surface area contributed by atoms with Gasteiger partial charge in [0, 0.05) is 5.69 Å². The van der Waals surface area contributed by atoms with Crippen LogP contribution in [0.5, 0.6) is 5.75 Å². The molecule has 0 unspecified atom stereocenters. The number of hydrogen-bond acceptors (Lipinski definition) is 3. The first kappa shape index (κ1) is 17.8. The van der Waals surface area contributed by atoms with E-state index in [1.54, 1.807) is 0 Å². The van der Waals surface area contributed by atoms with Crippen LogP contribution in [0.3, 0.4) is 0 Å². The number of anilines is 1. The van der Waals surface area contributed by atoms with Crippen LogP contribution < -0.4 is 10.1 Å². The van der Waals surface area contributed by atoms with Crippen LogP contribution in [-0.2, 0) is 17.9 Å². The summed E-state index contributed by atoms with van der Waals surface area (Å²) in [6.45, 7) is 2.47. The minimum Gasteiger partial charge on any atom is -0.486 e. The van der Waals surface area contributed by atoms with Crippen molar-refractivity contribution in [1.29, 1.82) is 0 Å².